The molecule has 10 heavy (non-hydrogen) atoms. The summed E-state index contributed by atoms with van der Waals surface area (Å²) < 4.78 is 0. The first-order valence-electron chi connectivity index (χ1n) is 4.30. The van der Waals surface area contributed by atoms with Gasteiger partial charge in [-0.15, -0.1) is 0 Å². The minimum atomic E-state index is 0.838. The summed E-state index contributed by atoms with van der Waals surface area (Å²) >= 11 is 0. The van der Waals surface area contributed by atoms with E-state index in [1.807, 2.05) is 0 Å². The van der Waals surface area contributed by atoms with E-state index in [2.05, 4.69) is 25.2 Å². The van der Waals surface area contributed by atoms with Gasteiger partial charge < -0.3 is 0 Å². The summed E-state index contributed by atoms with van der Waals surface area (Å²) in [4.78, 5) is 0. The monoisotopic (exact) mass is 134 g/mol. The maximum atomic E-state index is 2.35. The molecule has 0 N–H and O–H groups in total. The minimum Gasteiger partial charge on any atom is -0.0773 e. The lowest BCUT2D eigenvalue weighted by molar-refractivity contribution is 0.606. The van der Waals surface area contributed by atoms with E-state index in [1.165, 1.54) is 19.3 Å². The van der Waals surface area contributed by atoms with Gasteiger partial charge in [-0.2, -0.15) is 0 Å². The van der Waals surface area contributed by atoms with Crippen LogP contribution in [0.4, 0.5) is 0 Å². The molecule has 0 spiro atoms. The molecule has 0 aromatic heterocycles. The molecule has 0 bridgehead atoms. The van der Waals surface area contributed by atoms with Gasteiger partial charge in [0.1, 0.15) is 0 Å². The predicted octanol–water partition coefficient (Wildman–Crippen LogP) is 2.92. The van der Waals surface area contributed by atoms with Crippen molar-refractivity contribution in [2.24, 2.45) is 11.8 Å². The number of rotatable bonds is 1. The molecule has 0 saturated heterocycles. The Kier molecular flexibility index (Phi) is 1.40. The second-order valence-electron chi connectivity index (χ2n) is 3.34. The van der Waals surface area contributed by atoms with Crippen molar-refractivity contribution in [3.05, 3.63) is 23.8 Å². The van der Waals surface area contributed by atoms with Gasteiger partial charge in [0.15, 0.2) is 0 Å². The lowest BCUT2D eigenvalue weighted by atomic mass is 9.98. The van der Waals surface area contributed by atoms with Crippen LogP contribution in [0.25, 0.3) is 0 Å². The average Bonchev–Trinajstić information content (AvgIpc) is 2.44. The van der Waals surface area contributed by atoms with Crippen molar-refractivity contribution in [1.82, 2.24) is 0 Å². The third-order valence-corrected chi connectivity index (χ3v) is 2.85. The zero-order valence-corrected chi connectivity index (χ0v) is 6.51. The lowest BCUT2D eigenvalue weighted by Gasteiger charge is -2.07. The Morgan fingerprint density at radius 2 is 2.40 bits per heavy atom. The van der Waals surface area contributed by atoms with Crippen LogP contribution in [0.5, 0.6) is 0 Å². The molecular weight excluding hydrogens is 120 g/mol. The van der Waals surface area contributed by atoms with E-state index in [1.54, 1.807) is 5.57 Å². The van der Waals surface area contributed by atoms with Crippen LogP contribution >= 0.6 is 0 Å². The minimum absolute atomic E-state index is 0.838. The number of fused-ring (bicyclic) bond motifs is 1. The first-order valence-corrected chi connectivity index (χ1v) is 4.30. The van der Waals surface area contributed by atoms with Crippen LogP contribution in [-0.2, 0) is 0 Å². The molecule has 0 aliphatic heterocycles. The third kappa shape index (κ3) is 0.749. The fourth-order valence-electron chi connectivity index (χ4n) is 2.22. The molecule has 2 unspecified atom stereocenters. The first-order chi connectivity index (χ1) is 4.92. The molecule has 2 atom stereocenters. The van der Waals surface area contributed by atoms with Gasteiger partial charge in [0.05, 0.1) is 0 Å². The van der Waals surface area contributed by atoms with Crippen LogP contribution in [0.2, 0.25) is 0 Å². The topological polar surface area (TPSA) is 0 Å². The number of hydrogen-bond donors (Lipinski definition) is 0. The normalized spacial score (nSPS) is 36.3. The Labute approximate surface area is 62.6 Å². The van der Waals surface area contributed by atoms with Crippen LogP contribution in [-0.4, -0.2) is 0 Å². The van der Waals surface area contributed by atoms with Crippen molar-refractivity contribution in [3.8, 4) is 0 Å². The summed E-state index contributed by atoms with van der Waals surface area (Å²) in [6.45, 7) is 2.30. The van der Waals surface area contributed by atoms with Crippen molar-refractivity contribution >= 4 is 0 Å². The zero-order chi connectivity index (χ0) is 6.97. The Hall–Kier alpha value is -0.520. The maximum absolute atomic E-state index is 2.35. The lowest BCUT2D eigenvalue weighted by Crippen LogP contribution is -1.95. The summed E-state index contributed by atoms with van der Waals surface area (Å²) in [5.41, 5.74) is 1.71. The molecule has 0 amide bonds. The highest BCUT2D eigenvalue weighted by molar-refractivity contribution is 5.31. The van der Waals surface area contributed by atoms with Crippen LogP contribution in [0, 0.1) is 11.8 Å². The Morgan fingerprint density at radius 1 is 1.50 bits per heavy atom. The SMILES string of the molecule is CCC1CCC2C=CC=C21. The highest BCUT2D eigenvalue weighted by atomic mass is 14.3. The summed E-state index contributed by atoms with van der Waals surface area (Å²) in [6.07, 6.45) is 11.1. The fraction of sp³-hybridized carbons (Fsp3) is 0.600. The van der Waals surface area contributed by atoms with E-state index < -0.39 is 0 Å². The van der Waals surface area contributed by atoms with E-state index in [0.29, 0.717) is 0 Å². The molecule has 2 aliphatic carbocycles. The molecule has 1 saturated carbocycles. The highest BCUT2D eigenvalue weighted by Crippen LogP contribution is 2.41. The van der Waals surface area contributed by atoms with Crippen LogP contribution in [0.3, 0.4) is 0 Å². The first kappa shape index (κ1) is 6.21. The molecule has 0 radical (unpaired) electrons. The molecule has 0 aromatic carbocycles. The molecule has 1 fully saturated rings. The van der Waals surface area contributed by atoms with Gasteiger partial charge in [0, 0.05) is 0 Å². The van der Waals surface area contributed by atoms with Crippen molar-refractivity contribution in [3.63, 3.8) is 0 Å². The van der Waals surface area contributed by atoms with Crippen LogP contribution in [0.1, 0.15) is 26.2 Å². The molecule has 0 nitrogen and oxygen atoms in total. The van der Waals surface area contributed by atoms with Crippen molar-refractivity contribution < 1.29 is 0 Å². The summed E-state index contributed by atoms with van der Waals surface area (Å²) in [6, 6.07) is 0. The Morgan fingerprint density at radius 3 is 3.20 bits per heavy atom. The maximum Gasteiger partial charge on any atom is -0.00141 e. The molecule has 2 rings (SSSR count). The standard InChI is InChI=1S/C10H14/c1-2-8-6-7-9-4-3-5-10(8)9/h3-5,8-9H,2,6-7H2,1H3. The van der Waals surface area contributed by atoms with Crippen molar-refractivity contribution in [2.75, 3.05) is 0 Å². The highest BCUT2D eigenvalue weighted by Gasteiger charge is 2.28. The van der Waals surface area contributed by atoms with Gasteiger partial charge in [0.2, 0.25) is 0 Å². The molecular formula is C10H14. The van der Waals surface area contributed by atoms with Gasteiger partial charge in [-0.3, -0.25) is 0 Å². The number of hydrogen-bond acceptors (Lipinski definition) is 0. The molecule has 0 heterocycles. The molecule has 2 aliphatic rings. The Balaban J connectivity index is 2.18. The summed E-state index contributed by atoms with van der Waals surface area (Å²) in [7, 11) is 0. The van der Waals surface area contributed by atoms with Crippen molar-refractivity contribution in [2.45, 2.75) is 26.2 Å². The fourth-order valence-corrected chi connectivity index (χ4v) is 2.22. The van der Waals surface area contributed by atoms with Crippen molar-refractivity contribution in [1.29, 1.82) is 0 Å². The van der Waals surface area contributed by atoms with Gasteiger partial charge in [-0.1, -0.05) is 30.7 Å². The van der Waals surface area contributed by atoms with Crippen LogP contribution in [0.15, 0.2) is 23.8 Å². The molecule has 54 valence electrons. The second-order valence-corrected chi connectivity index (χ2v) is 3.34. The van der Waals surface area contributed by atoms with Crippen LogP contribution < -0.4 is 0 Å². The van der Waals surface area contributed by atoms with Gasteiger partial charge in [-0.25, -0.2) is 0 Å². The van der Waals surface area contributed by atoms with E-state index in [4.69, 9.17) is 0 Å². The van der Waals surface area contributed by atoms with E-state index in [9.17, 15) is 0 Å². The molecule has 0 aromatic rings. The van der Waals surface area contributed by atoms with Gasteiger partial charge in [-0.05, 0) is 31.1 Å². The second kappa shape index (κ2) is 2.26. The predicted molar refractivity (Wildman–Crippen MR) is 43.7 cm³/mol. The zero-order valence-electron chi connectivity index (χ0n) is 6.51. The summed E-state index contributed by atoms with van der Waals surface area (Å²) in [5.74, 6) is 1.75. The van der Waals surface area contributed by atoms with Gasteiger partial charge in [0.25, 0.3) is 0 Å². The van der Waals surface area contributed by atoms with E-state index >= 15 is 0 Å². The quantitative estimate of drug-likeness (QED) is 0.517. The smallest absolute Gasteiger partial charge is 0.00141 e. The Bertz CT molecular complexity index is 186. The summed E-state index contributed by atoms with van der Waals surface area (Å²) in [5, 5.41) is 0. The van der Waals surface area contributed by atoms with E-state index in [-0.39, 0.29) is 0 Å². The van der Waals surface area contributed by atoms with Gasteiger partial charge >= 0.3 is 0 Å². The average molecular weight is 134 g/mol. The number of allylic oxidation sites excluding steroid dienone is 4. The third-order valence-electron chi connectivity index (χ3n) is 2.85. The largest absolute Gasteiger partial charge is 0.0773 e. The molecule has 0 heteroatoms. The van der Waals surface area contributed by atoms with E-state index in [0.717, 1.165) is 11.8 Å².